The summed E-state index contributed by atoms with van der Waals surface area (Å²) in [4.78, 5) is 0. The molecule has 0 aliphatic rings. The maximum atomic E-state index is 8.93. The van der Waals surface area contributed by atoms with Gasteiger partial charge in [0.05, 0.1) is 12.7 Å². The van der Waals surface area contributed by atoms with Crippen LogP contribution in [0.3, 0.4) is 0 Å². The van der Waals surface area contributed by atoms with Crippen LogP contribution in [0.15, 0.2) is 0 Å². The lowest BCUT2D eigenvalue weighted by Crippen LogP contribution is -2.27. The van der Waals surface area contributed by atoms with E-state index in [-0.39, 0.29) is 19.8 Å². The zero-order valence-corrected chi connectivity index (χ0v) is 5.77. The van der Waals surface area contributed by atoms with Crippen LogP contribution in [0.4, 0.5) is 0 Å². The van der Waals surface area contributed by atoms with Gasteiger partial charge in [-0.25, -0.2) is 0 Å². The molecular weight excluding hydrogens is 136 g/mol. The van der Waals surface area contributed by atoms with Crippen LogP contribution in [0.5, 0.6) is 0 Å². The summed E-state index contributed by atoms with van der Waals surface area (Å²) < 4.78 is 0. The first-order chi connectivity index (χ1) is 4.76. The SMILES string of the molecule is OCCC(CO)C(O)CO. The second kappa shape index (κ2) is 5.61. The van der Waals surface area contributed by atoms with Gasteiger partial charge in [0.1, 0.15) is 0 Å². The second-order valence-electron chi connectivity index (χ2n) is 2.20. The minimum atomic E-state index is -0.919. The van der Waals surface area contributed by atoms with Crippen molar-refractivity contribution in [2.75, 3.05) is 19.8 Å². The monoisotopic (exact) mass is 150 g/mol. The summed E-state index contributed by atoms with van der Waals surface area (Å²) in [5.41, 5.74) is 0. The van der Waals surface area contributed by atoms with Gasteiger partial charge in [0, 0.05) is 19.1 Å². The summed E-state index contributed by atoms with van der Waals surface area (Å²) in [6.45, 7) is -0.657. The molecule has 0 saturated heterocycles. The van der Waals surface area contributed by atoms with Gasteiger partial charge in [0.15, 0.2) is 0 Å². The molecule has 0 aromatic heterocycles. The van der Waals surface area contributed by atoms with Crippen LogP contribution >= 0.6 is 0 Å². The fourth-order valence-electron chi connectivity index (χ4n) is 0.720. The number of rotatable bonds is 5. The Morgan fingerprint density at radius 1 is 1.00 bits per heavy atom. The highest BCUT2D eigenvalue weighted by Gasteiger charge is 2.15. The van der Waals surface area contributed by atoms with E-state index in [1.165, 1.54) is 0 Å². The van der Waals surface area contributed by atoms with Crippen molar-refractivity contribution >= 4 is 0 Å². The lowest BCUT2D eigenvalue weighted by molar-refractivity contribution is 0.0126. The fourth-order valence-corrected chi connectivity index (χ4v) is 0.720. The van der Waals surface area contributed by atoms with Crippen molar-refractivity contribution in [1.29, 1.82) is 0 Å². The normalized spacial score (nSPS) is 16.8. The molecule has 0 amide bonds. The lowest BCUT2D eigenvalue weighted by Gasteiger charge is -2.16. The van der Waals surface area contributed by atoms with Crippen LogP contribution in [-0.4, -0.2) is 46.4 Å². The van der Waals surface area contributed by atoms with Crippen LogP contribution in [0, 0.1) is 5.92 Å². The molecule has 4 heteroatoms. The van der Waals surface area contributed by atoms with Gasteiger partial charge in [-0.1, -0.05) is 0 Å². The van der Waals surface area contributed by atoms with Gasteiger partial charge in [-0.2, -0.15) is 0 Å². The summed E-state index contributed by atoms with van der Waals surface area (Å²) in [7, 11) is 0. The molecule has 2 atom stereocenters. The molecule has 2 unspecified atom stereocenters. The van der Waals surface area contributed by atoms with Crippen LogP contribution in [0.2, 0.25) is 0 Å². The standard InChI is InChI=1S/C6H14O4/c7-2-1-5(3-8)6(10)4-9/h5-10H,1-4H2. The average Bonchev–Trinajstić information content (AvgIpc) is 1.99. The number of hydrogen-bond acceptors (Lipinski definition) is 4. The van der Waals surface area contributed by atoms with E-state index in [1.54, 1.807) is 0 Å². The van der Waals surface area contributed by atoms with E-state index in [9.17, 15) is 0 Å². The van der Waals surface area contributed by atoms with Gasteiger partial charge >= 0.3 is 0 Å². The van der Waals surface area contributed by atoms with Crippen molar-refractivity contribution in [3.63, 3.8) is 0 Å². The van der Waals surface area contributed by atoms with Gasteiger partial charge in [-0.15, -0.1) is 0 Å². The third-order valence-corrected chi connectivity index (χ3v) is 1.47. The molecule has 4 nitrogen and oxygen atoms in total. The molecule has 0 radical (unpaired) electrons. The minimum absolute atomic E-state index is 0.0811. The van der Waals surface area contributed by atoms with E-state index in [1.807, 2.05) is 0 Å². The number of hydrogen-bond donors (Lipinski definition) is 4. The topological polar surface area (TPSA) is 80.9 Å². The maximum Gasteiger partial charge on any atom is 0.0821 e. The highest BCUT2D eigenvalue weighted by molar-refractivity contribution is 4.65. The van der Waals surface area contributed by atoms with Crippen molar-refractivity contribution in [2.24, 2.45) is 5.92 Å². The van der Waals surface area contributed by atoms with Crippen LogP contribution in [0.25, 0.3) is 0 Å². The summed E-state index contributed by atoms with van der Waals surface area (Å²) in [6.07, 6.45) is -0.602. The van der Waals surface area contributed by atoms with Gasteiger partial charge < -0.3 is 20.4 Å². The molecule has 0 fully saturated rings. The smallest absolute Gasteiger partial charge is 0.0821 e. The quantitative estimate of drug-likeness (QED) is 0.378. The third kappa shape index (κ3) is 3.12. The molecule has 62 valence electrons. The number of aliphatic hydroxyl groups excluding tert-OH is 4. The third-order valence-electron chi connectivity index (χ3n) is 1.47. The Morgan fingerprint density at radius 2 is 1.60 bits per heavy atom. The minimum Gasteiger partial charge on any atom is -0.396 e. The summed E-state index contributed by atoms with van der Waals surface area (Å²) >= 11 is 0. The molecule has 10 heavy (non-hydrogen) atoms. The zero-order valence-electron chi connectivity index (χ0n) is 5.77. The Balaban J connectivity index is 3.56. The Bertz CT molecular complexity index is 76.1. The van der Waals surface area contributed by atoms with E-state index >= 15 is 0 Å². The first kappa shape index (κ1) is 9.84. The molecule has 0 aliphatic carbocycles. The van der Waals surface area contributed by atoms with Crippen molar-refractivity contribution in [3.05, 3.63) is 0 Å². The highest BCUT2D eigenvalue weighted by Crippen LogP contribution is 2.06. The predicted octanol–water partition coefficient (Wildman–Crippen LogP) is -1.67. The molecule has 0 rings (SSSR count). The van der Waals surface area contributed by atoms with Gasteiger partial charge in [0.2, 0.25) is 0 Å². The number of aliphatic hydroxyl groups is 4. The van der Waals surface area contributed by atoms with E-state index in [0.29, 0.717) is 6.42 Å². The Labute approximate surface area is 59.7 Å². The largest absolute Gasteiger partial charge is 0.396 e. The molecule has 0 spiro atoms. The van der Waals surface area contributed by atoms with Crippen LogP contribution < -0.4 is 0 Å². The van der Waals surface area contributed by atoms with Crippen molar-refractivity contribution < 1.29 is 20.4 Å². The first-order valence-corrected chi connectivity index (χ1v) is 3.26. The zero-order chi connectivity index (χ0) is 7.98. The molecular formula is C6H14O4. The molecule has 4 N–H and O–H groups in total. The summed E-state index contributed by atoms with van der Waals surface area (Å²) in [5, 5.41) is 34.3. The molecule has 0 aromatic rings. The van der Waals surface area contributed by atoms with Crippen molar-refractivity contribution in [1.82, 2.24) is 0 Å². The lowest BCUT2D eigenvalue weighted by atomic mass is 10.0. The van der Waals surface area contributed by atoms with Gasteiger partial charge in [-0.3, -0.25) is 0 Å². The van der Waals surface area contributed by atoms with Gasteiger partial charge in [-0.05, 0) is 6.42 Å². The second-order valence-corrected chi connectivity index (χ2v) is 2.20. The molecule has 0 saturated carbocycles. The van der Waals surface area contributed by atoms with E-state index in [2.05, 4.69) is 0 Å². The Morgan fingerprint density at radius 3 is 1.90 bits per heavy atom. The molecule has 0 bridgehead atoms. The highest BCUT2D eigenvalue weighted by atomic mass is 16.3. The molecule has 0 aromatic carbocycles. The Kier molecular flexibility index (Phi) is 5.52. The van der Waals surface area contributed by atoms with Crippen LogP contribution in [-0.2, 0) is 0 Å². The molecule has 0 aliphatic heterocycles. The summed E-state index contributed by atoms with van der Waals surface area (Å²) in [6, 6.07) is 0. The fraction of sp³-hybridized carbons (Fsp3) is 1.00. The summed E-state index contributed by atoms with van der Waals surface area (Å²) in [5.74, 6) is -0.407. The first-order valence-electron chi connectivity index (χ1n) is 3.26. The van der Waals surface area contributed by atoms with Gasteiger partial charge in [0.25, 0.3) is 0 Å². The van der Waals surface area contributed by atoms with E-state index < -0.39 is 12.0 Å². The predicted molar refractivity (Wildman–Crippen MR) is 35.4 cm³/mol. The molecule has 0 heterocycles. The van der Waals surface area contributed by atoms with Crippen LogP contribution in [0.1, 0.15) is 6.42 Å². The van der Waals surface area contributed by atoms with Crippen molar-refractivity contribution in [3.8, 4) is 0 Å². The van der Waals surface area contributed by atoms with E-state index in [0.717, 1.165) is 0 Å². The van der Waals surface area contributed by atoms with E-state index in [4.69, 9.17) is 20.4 Å². The average molecular weight is 150 g/mol. The Hall–Kier alpha value is -0.160. The van der Waals surface area contributed by atoms with Crippen molar-refractivity contribution in [2.45, 2.75) is 12.5 Å². The maximum absolute atomic E-state index is 8.93.